The van der Waals surface area contributed by atoms with Crippen LogP contribution in [0.4, 0.5) is 0 Å². The van der Waals surface area contributed by atoms with E-state index in [4.69, 9.17) is 5.11 Å². The molecular weight excluding hydrogens is 286 g/mol. The Morgan fingerprint density at radius 2 is 2.05 bits per heavy atom. The van der Waals surface area contributed by atoms with Crippen LogP contribution in [0, 0.1) is 12.8 Å². The molecule has 0 bridgehead atoms. The second kappa shape index (κ2) is 4.57. The fourth-order valence-electron chi connectivity index (χ4n) is 2.13. The van der Waals surface area contributed by atoms with E-state index in [1.165, 1.54) is 6.07 Å². The maximum Gasteiger partial charge on any atom is 0.345 e. The minimum Gasteiger partial charge on any atom is -0.477 e. The molecule has 1 aromatic heterocycles. The summed E-state index contributed by atoms with van der Waals surface area (Å²) in [5.41, 5.74) is -0.489. The van der Waals surface area contributed by atoms with E-state index in [1.807, 2.05) is 13.8 Å². The van der Waals surface area contributed by atoms with Gasteiger partial charge < -0.3 is 5.11 Å². The van der Waals surface area contributed by atoms with Gasteiger partial charge >= 0.3 is 5.97 Å². The molecule has 7 heteroatoms. The molecule has 1 heterocycles. The van der Waals surface area contributed by atoms with Gasteiger partial charge in [-0.05, 0) is 45.6 Å². The summed E-state index contributed by atoms with van der Waals surface area (Å²) in [5.74, 6) is -0.740. The highest BCUT2D eigenvalue weighted by molar-refractivity contribution is 7.89. The molecule has 2 N–H and O–H groups in total. The zero-order chi connectivity index (χ0) is 14.4. The molecule has 0 amide bonds. The van der Waals surface area contributed by atoms with E-state index < -0.39 is 21.5 Å². The van der Waals surface area contributed by atoms with Gasteiger partial charge in [-0.15, -0.1) is 11.3 Å². The van der Waals surface area contributed by atoms with Gasteiger partial charge in [-0.1, -0.05) is 0 Å². The third-order valence-corrected chi connectivity index (χ3v) is 6.33. The molecule has 1 aromatic rings. The summed E-state index contributed by atoms with van der Waals surface area (Å²) in [6.07, 6.45) is 2.05. The van der Waals surface area contributed by atoms with E-state index in [-0.39, 0.29) is 9.77 Å². The van der Waals surface area contributed by atoms with E-state index in [2.05, 4.69) is 4.72 Å². The SMILES string of the molecule is Cc1sc(C(=O)O)cc1S(=O)(=O)NC(C)(C)C1CC1. The van der Waals surface area contributed by atoms with E-state index >= 15 is 0 Å². The van der Waals surface area contributed by atoms with Crippen molar-refractivity contribution in [2.24, 2.45) is 5.92 Å². The van der Waals surface area contributed by atoms with Gasteiger partial charge in [-0.2, -0.15) is 0 Å². The topological polar surface area (TPSA) is 83.5 Å². The summed E-state index contributed by atoms with van der Waals surface area (Å²) in [4.78, 5) is 11.5. The fourth-order valence-corrected chi connectivity index (χ4v) is 5.03. The van der Waals surface area contributed by atoms with Gasteiger partial charge in [0.2, 0.25) is 10.0 Å². The number of rotatable bonds is 5. The molecule has 19 heavy (non-hydrogen) atoms. The van der Waals surface area contributed by atoms with Gasteiger partial charge in [0.1, 0.15) is 4.88 Å². The van der Waals surface area contributed by atoms with Crippen molar-refractivity contribution in [3.63, 3.8) is 0 Å². The summed E-state index contributed by atoms with van der Waals surface area (Å²) >= 11 is 0.981. The molecule has 1 aliphatic rings. The minimum absolute atomic E-state index is 0.0436. The van der Waals surface area contributed by atoms with Gasteiger partial charge in [0, 0.05) is 10.4 Å². The first-order valence-corrected chi connectivity index (χ1v) is 8.31. The Morgan fingerprint density at radius 3 is 2.47 bits per heavy atom. The van der Waals surface area contributed by atoms with Crippen molar-refractivity contribution in [3.05, 3.63) is 15.8 Å². The highest BCUT2D eigenvalue weighted by Gasteiger charge is 2.41. The molecular formula is C12H17NO4S2. The van der Waals surface area contributed by atoms with Crippen LogP contribution in [0.2, 0.25) is 0 Å². The van der Waals surface area contributed by atoms with E-state index in [1.54, 1.807) is 6.92 Å². The largest absolute Gasteiger partial charge is 0.477 e. The first-order valence-electron chi connectivity index (χ1n) is 6.01. The normalized spacial score (nSPS) is 16.6. The Labute approximate surface area is 116 Å². The lowest BCUT2D eigenvalue weighted by molar-refractivity contribution is 0.0702. The summed E-state index contributed by atoms with van der Waals surface area (Å²) in [7, 11) is -3.67. The quantitative estimate of drug-likeness (QED) is 0.873. The van der Waals surface area contributed by atoms with Crippen molar-refractivity contribution in [3.8, 4) is 0 Å². The predicted octanol–water partition coefficient (Wildman–Crippen LogP) is 2.22. The van der Waals surface area contributed by atoms with Gasteiger partial charge in [0.15, 0.2) is 0 Å². The number of aromatic carboxylic acids is 1. The smallest absolute Gasteiger partial charge is 0.345 e. The van der Waals surface area contributed by atoms with Crippen molar-refractivity contribution < 1.29 is 18.3 Å². The number of hydrogen-bond acceptors (Lipinski definition) is 4. The van der Waals surface area contributed by atoms with Gasteiger partial charge in [0.05, 0.1) is 4.90 Å². The summed E-state index contributed by atoms with van der Waals surface area (Å²) in [6.45, 7) is 5.35. The lowest BCUT2D eigenvalue weighted by Crippen LogP contribution is -2.45. The average Bonchev–Trinajstić information content (AvgIpc) is 3.00. The average molecular weight is 303 g/mol. The van der Waals surface area contributed by atoms with Crippen molar-refractivity contribution in [2.45, 2.75) is 44.0 Å². The highest BCUT2D eigenvalue weighted by atomic mass is 32.2. The summed E-state index contributed by atoms with van der Waals surface area (Å²) < 4.78 is 27.4. The van der Waals surface area contributed by atoms with Crippen LogP contribution in [0.15, 0.2) is 11.0 Å². The van der Waals surface area contributed by atoms with Crippen molar-refractivity contribution >= 4 is 27.3 Å². The number of thiophene rings is 1. The molecule has 0 radical (unpaired) electrons. The molecule has 1 aliphatic carbocycles. The van der Waals surface area contributed by atoms with E-state index in [0.717, 1.165) is 24.2 Å². The Hall–Kier alpha value is -0.920. The maximum atomic E-state index is 12.3. The number of carbonyl (C=O) groups is 1. The Morgan fingerprint density at radius 1 is 1.47 bits per heavy atom. The molecule has 0 aliphatic heterocycles. The number of carboxylic acids is 1. The van der Waals surface area contributed by atoms with Gasteiger partial charge in [0.25, 0.3) is 0 Å². The maximum absolute atomic E-state index is 12.3. The number of aryl methyl sites for hydroxylation is 1. The first kappa shape index (κ1) is 14.5. The van der Waals surface area contributed by atoms with E-state index in [0.29, 0.717) is 10.8 Å². The van der Waals surface area contributed by atoms with Crippen molar-refractivity contribution in [1.29, 1.82) is 0 Å². The van der Waals surface area contributed by atoms with Crippen LogP contribution in [0.5, 0.6) is 0 Å². The molecule has 5 nitrogen and oxygen atoms in total. The molecule has 2 rings (SSSR count). The first-order chi connectivity index (χ1) is 8.63. The highest BCUT2D eigenvalue weighted by Crippen LogP contribution is 2.40. The van der Waals surface area contributed by atoms with Crippen LogP contribution in [0.25, 0.3) is 0 Å². The zero-order valence-electron chi connectivity index (χ0n) is 11.1. The lowest BCUT2D eigenvalue weighted by Gasteiger charge is -2.25. The molecule has 1 fully saturated rings. The molecule has 1 saturated carbocycles. The molecule has 0 atom stereocenters. The molecule has 0 spiro atoms. The number of sulfonamides is 1. The molecule has 0 unspecified atom stereocenters. The standard InChI is InChI=1S/C12H17NO4S2/c1-7-10(6-9(18-7)11(14)15)19(16,17)13-12(2,3)8-4-5-8/h6,8,13H,4-5H2,1-3H3,(H,14,15). The van der Waals surface area contributed by atoms with Crippen LogP contribution < -0.4 is 4.72 Å². The lowest BCUT2D eigenvalue weighted by atomic mass is 10.0. The van der Waals surface area contributed by atoms with E-state index in [9.17, 15) is 13.2 Å². The fraction of sp³-hybridized carbons (Fsp3) is 0.583. The van der Waals surface area contributed by atoms with Crippen LogP contribution in [-0.2, 0) is 10.0 Å². The zero-order valence-corrected chi connectivity index (χ0v) is 12.7. The summed E-state index contributed by atoms with van der Waals surface area (Å²) in [5, 5.41) is 8.91. The molecule has 106 valence electrons. The minimum atomic E-state index is -3.67. The van der Waals surface area contributed by atoms with Crippen LogP contribution in [0.1, 0.15) is 41.2 Å². The third-order valence-electron chi connectivity index (χ3n) is 3.37. The van der Waals surface area contributed by atoms with Gasteiger partial charge in [-0.25, -0.2) is 17.9 Å². The Bertz CT molecular complexity index is 612. The van der Waals surface area contributed by atoms with Gasteiger partial charge in [-0.3, -0.25) is 0 Å². The number of hydrogen-bond donors (Lipinski definition) is 2. The number of nitrogens with one attached hydrogen (secondary N) is 1. The molecule has 0 aromatic carbocycles. The van der Waals surface area contributed by atoms with Crippen molar-refractivity contribution in [2.75, 3.05) is 0 Å². The molecule has 0 saturated heterocycles. The van der Waals surface area contributed by atoms with Crippen molar-refractivity contribution in [1.82, 2.24) is 4.72 Å². The van der Waals surface area contributed by atoms with Crippen LogP contribution in [-0.4, -0.2) is 25.0 Å². The van der Waals surface area contributed by atoms with Crippen LogP contribution in [0.3, 0.4) is 0 Å². The number of carboxylic acid groups (broad SMARTS) is 1. The Kier molecular flexibility index (Phi) is 3.49. The second-order valence-electron chi connectivity index (χ2n) is 5.44. The van der Waals surface area contributed by atoms with Crippen LogP contribution >= 0.6 is 11.3 Å². The summed E-state index contributed by atoms with van der Waals surface area (Å²) in [6, 6.07) is 1.23. The second-order valence-corrected chi connectivity index (χ2v) is 8.34. The Balaban J connectivity index is 2.31. The predicted molar refractivity (Wildman–Crippen MR) is 73.1 cm³/mol. The monoisotopic (exact) mass is 303 g/mol. The third kappa shape index (κ3) is 2.98.